The Morgan fingerprint density at radius 2 is 1.12 bits per heavy atom. The number of Topliss-reactive ketones (excluding diaryl/α,β-unsaturated/α-hetero) is 2. The Kier molecular flexibility index (Phi) is 7.46. The number of benzene rings is 6. The van der Waals surface area contributed by atoms with E-state index in [0.29, 0.717) is 22.8 Å². The number of hydrogen-bond acceptors (Lipinski definition) is 4. The monoisotopic (exact) mass is 620 g/mol. The molecule has 0 spiro atoms. The Morgan fingerprint density at radius 1 is 0.604 bits per heavy atom. The van der Waals surface area contributed by atoms with Crippen LogP contribution in [0.1, 0.15) is 49.7 Å². The van der Waals surface area contributed by atoms with Gasteiger partial charge in [0, 0.05) is 34.7 Å². The van der Waals surface area contributed by atoms with E-state index in [9.17, 15) is 9.59 Å². The Hall–Kier alpha value is -6.13. The minimum Gasteiger partial charge on any atom is -0.310 e. The molecule has 2 aliphatic heterocycles. The third-order valence-corrected chi connectivity index (χ3v) is 9.34. The zero-order valence-corrected chi connectivity index (χ0v) is 26.2. The molecule has 6 aromatic carbocycles. The summed E-state index contributed by atoms with van der Waals surface area (Å²) in [5.41, 5.74) is 5.58. The number of fused-ring (bicyclic) bond motifs is 3. The van der Waals surface area contributed by atoms with Crippen LogP contribution in [-0.2, 0) is 5.66 Å². The van der Waals surface area contributed by atoms with E-state index in [4.69, 9.17) is 4.99 Å². The smallest absolute Gasteiger partial charge is 0.197 e. The number of carbonyl (C=O) groups excluding carboxylic acids is 2. The third-order valence-electron chi connectivity index (χ3n) is 9.34. The molecule has 0 bridgehead atoms. The van der Waals surface area contributed by atoms with Crippen molar-refractivity contribution in [2.45, 2.75) is 18.0 Å². The fraction of sp³-hybridized carbons (Fsp3) is 0.0682. The van der Waals surface area contributed by atoms with E-state index in [-0.39, 0.29) is 23.1 Å². The van der Waals surface area contributed by atoms with Crippen molar-refractivity contribution in [2.75, 3.05) is 4.90 Å². The summed E-state index contributed by atoms with van der Waals surface area (Å²) in [6, 6.07) is 55.3. The highest BCUT2D eigenvalue weighted by Crippen LogP contribution is 2.52. The second-order valence-electron chi connectivity index (χ2n) is 12.2. The first kappa shape index (κ1) is 29.3. The highest BCUT2D eigenvalue weighted by molar-refractivity contribution is 6.49. The van der Waals surface area contributed by atoms with Gasteiger partial charge >= 0.3 is 0 Å². The zero-order chi connectivity index (χ0) is 32.5. The quantitative estimate of drug-likeness (QED) is 0.134. The Bertz CT molecular complexity index is 2230. The van der Waals surface area contributed by atoms with Gasteiger partial charge in [0.05, 0.1) is 16.6 Å². The standard InChI is InChI=1S/C44H32N2O2/c47-42(33-20-10-3-11-21-33)41(43(48)34-22-12-4-13-23-34)35-26-27-38-40(28-35)46-39(32-18-8-2-9-19-32)29-36(31-16-6-1-7-17-31)30-44(46,45-38)37-24-14-5-15-25-37/h1-29,36H,30H2/t36-,44+/m1/s1. The highest BCUT2D eigenvalue weighted by atomic mass is 16.1. The average molecular weight is 621 g/mol. The molecule has 0 fully saturated rings. The van der Waals surface area contributed by atoms with Crippen molar-refractivity contribution >= 4 is 28.5 Å². The molecule has 0 saturated carbocycles. The van der Waals surface area contributed by atoms with Crippen LogP contribution >= 0.6 is 0 Å². The van der Waals surface area contributed by atoms with Crippen molar-refractivity contribution in [3.63, 3.8) is 0 Å². The molecule has 4 heteroatoms. The Balaban J connectivity index is 1.40. The van der Waals surface area contributed by atoms with Crippen molar-refractivity contribution < 1.29 is 9.59 Å². The predicted octanol–water partition coefficient (Wildman–Crippen LogP) is 8.12. The van der Waals surface area contributed by atoms with Crippen molar-refractivity contribution in [1.29, 1.82) is 0 Å². The van der Waals surface area contributed by atoms with Crippen LogP contribution in [0.5, 0.6) is 0 Å². The van der Waals surface area contributed by atoms with Crippen molar-refractivity contribution in [3.8, 4) is 0 Å². The van der Waals surface area contributed by atoms with E-state index in [0.717, 1.165) is 27.9 Å². The maximum Gasteiger partial charge on any atom is 0.197 e. The molecule has 0 aromatic heterocycles. The van der Waals surface area contributed by atoms with E-state index in [1.165, 1.54) is 5.56 Å². The number of anilines is 1. The van der Waals surface area contributed by atoms with Gasteiger partial charge < -0.3 is 4.90 Å². The summed E-state index contributed by atoms with van der Waals surface area (Å²) in [4.78, 5) is 36.3. The molecular weight excluding hydrogens is 588 g/mol. The molecule has 48 heavy (non-hydrogen) atoms. The summed E-state index contributed by atoms with van der Waals surface area (Å²) in [5, 5.41) is 1.38. The van der Waals surface area contributed by atoms with Gasteiger partial charge in [-0.1, -0.05) is 164 Å². The normalized spacial score (nSPS) is 17.8. The van der Waals surface area contributed by atoms with E-state index in [1.807, 2.05) is 72.8 Å². The van der Waals surface area contributed by atoms with Gasteiger partial charge in [0.2, 0.25) is 0 Å². The van der Waals surface area contributed by atoms with Crippen LogP contribution in [0.3, 0.4) is 0 Å². The van der Waals surface area contributed by atoms with Gasteiger partial charge in [0.1, 0.15) is 0 Å². The molecule has 2 aliphatic rings. The SMILES string of the molecule is O=C(C(C(=O)c1ccccc1)=c1ccc2c(c1)N1C(c3ccccc3)=C[C@@H](c3ccccc3)C[C@]1(c1ccccc1)N=2)c1ccccc1. The Morgan fingerprint density at radius 3 is 1.71 bits per heavy atom. The first-order valence-electron chi connectivity index (χ1n) is 16.2. The van der Waals surface area contributed by atoms with E-state index in [2.05, 4.69) is 83.8 Å². The Labute approximate surface area is 279 Å². The van der Waals surface area contributed by atoms with Gasteiger partial charge in [0.25, 0.3) is 0 Å². The molecule has 2 atom stereocenters. The number of rotatable bonds is 7. The highest BCUT2D eigenvalue weighted by Gasteiger charge is 2.49. The van der Waals surface area contributed by atoms with Gasteiger partial charge in [-0.3, -0.25) is 14.6 Å². The second-order valence-corrected chi connectivity index (χ2v) is 12.2. The zero-order valence-electron chi connectivity index (χ0n) is 26.2. The molecule has 0 unspecified atom stereocenters. The number of allylic oxidation sites excluding steroid dienone is 1. The van der Waals surface area contributed by atoms with Crippen molar-refractivity contribution in [2.24, 2.45) is 4.99 Å². The van der Waals surface area contributed by atoms with Crippen LogP contribution in [0.25, 0.3) is 11.3 Å². The molecule has 0 radical (unpaired) electrons. The lowest BCUT2D eigenvalue weighted by Crippen LogP contribution is -2.45. The predicted molar refractivity (Wildman–Crippen MR) is 191 cm³/mol. The summed E-state index contributed by atoms with van der Waals surface area (Å²) >= 11 is 0. The van der Waals surface area contributed by atoms with E-state index < -0.39 is 5.66 Å². The molecule has 0 saturated heterocycles. The van der Waals surface area contributed by atoms with Crippen LogP contribution in [0.2, 0.25) is 0 Å². The number of ketones is 2. The summed E-state index contributed by atoms with van der Waals surface area (Å²) in [5.74, 6) is -0.526. The van der Waals surface area contributed by atoms with Gasteiger partial charge in [-0.05, 0) is 28.5 Å². The number of nitrogens with zero attached hydrogens (tertiary/aromatic N) is 2. The summed E-state index contributed by atoms with van der Waals surface area (Å²) < 4.78 is 0. The number of carbonyl (C=O) groups is 2. The fourth-order valence-electron chi connectivity index (χ4n) is 7.10. The molecular formula is C44H32N2O2. The van der Waals surface area contributed by atoms with E-state index in [1.54, 1.807) is 24.3 Å². The molecule has 6 aromatic rings. The second kappa shape index (κ2) is 12.2. The van der Waals surface area contributed by atoms with Gasteiger partial charge in [0.15, 0.2) is 17.2 Å². The van der Waals surface area contributed by atoms with Crippen molar-refractivity contribution in [1.82, 2.24) is 0 Å². The first-order valence-corrected chi connectivity index (χ1v) is 16.2. The van der Waals surface area contributed by atoms with Crippen LogP contribution in [-0.4, -0.2) is 11.6 Å². The fourth-order valence-corrected chi connectivity index (χ4v) is 7.10. The van der Waals surface area contributed by atoms with Gasteiger partial charge in [-0.25, -0.2) is 0 Å². The van der Waals surface area contributed by atoms with Gasteiger partial charge in [-0.15, -0.1) is 0 Å². The van der Waals surface area contributed by atoms with E-state index >= 15 is 0 Å². The molecule has 2 heterocycles. The maximum atomic E-state index is 14.2. The third kappa shape index (κ3) is 5.08. The van der Waals surface area contributed by atoms with Crippen molar-refractivity contribution in [3.05, 3.63) is 214 Å². The summed E-state index contributed by atoms with van der Waals surface area (Å²) in [6.07, 6.45) is 3.06. The van der Waals surface area contributed by atoms with Crippen LogP contribution < -0.4 is 15.5 Å². The average Bonchev–Trinajstić information content (AvgIpc) is 3.51. The first-order chi connectivity index (χ1) is 23.6. The summed E-state index contributed by atoms with van der Waals surface area (Å²) in [7, 11) is 0. The maximum absolute atomic E-state index is 14.2. The van der Waals surface area contributed by atoms with Crippen LogP contribution in [0.15, 0.2) is 181 Å². The minimum absolute atomic E-state index is 0.0943. The molecule has 8 rings (SSSR count). The summed E-state index contributed by atoms with van der Waals surface area (Å²) in [6.45, 7) is 0. The minimum atomic E-state index is -0.754. The topological polar surface area (TPSA) is 49.7 Å². The van der Waals surface area contributed by atoms with Gasteiger partial charge in [-0.2, -0.15) is 0 Å². The molecule has 0 aliphatic carbocycles. The lowest BCUT2D eigenvalue weighted by Gasteiger charge is -2.46. The molecule has 0 N–H and O–H groups in total. The number of hydrogen-bond donors (Lipinski definition) is 0. The molecule has 230 valence electrons. The lowest BCUT2D eigenvalue weighted by molar-refractivity contribution is 0.0997. The van der Waals surface area contributed by atoms with Crippen LogP contribution in [0.4, 0.5) is 5.69 Å². The molecule has 0 amide bonds. The largest absolute Gasteiger partial charge is 0.310 e. The van der Waals surface area contributed by atoms with Crippen LogP contribution in [0, 0.1) is 0 Å². The lowest BCUT2D eigenvalue weighted by atomic mass is 9.79. The molecule has 4 nitrogen and oxygen atoms in total.